The van der Waals surface area contributed by atoms with Crippen LogP contribution in [0.2, 0.25) is 10.0 Å². The van der Waals surface area contributed by atoms with Gasteiger partial charge < -0.3 is 5.32 Å². The number of anilines is 1. The Morgan fingerprint density at radius 1 is 1.22 bits per heavy atom. The number of hydrogen-bond donors (Lipinski definition) is 1. The molecule has 0 spiro atoms. The zero-order valence-corrected chi connectivity index (χ0v) is 13.0. The van der Waals surface area contributed by atoms with E-state index in [1.54, 1.807) is 39.0 Å². The maximum Gasteiger partial charge on any atom is 0.156 e. The smallest absolute Gasteiger partial charge is 0.156 e. The Bertz CT molecular complexity index is 521. The first-order valence-corrected chi connectivity index (χ1v) is 7.95. The summed E-state index contributed by atoms with van der Waals surface area (Å²) in [6, 6.07) is 5.05. The standard InChI is InChI=1S/C12H17Cl2NO2S/c1-12(2,3)18(16,17)7-6-15-11-5-4-9(13)8-10(11)14/h4-5,8,15H,6-7H2,1-3H3. The highest BCUT2D eigenvalue weighted by Crippen LogP contribution is 2.25. The lowest BCUT2D eigenvalue weighted by molar-refractivity contribution is 0.560. The van der Waals surface area contributed by atoms with Gasteiger partial charge in [0.2, 0.25) is 0 Å². The molecule has 0 saturated heterocycles. The molecule has 102 valence electrons. The quantitative estimate of drug-likeness (QED) is 0.924. The van der Waals surface area contributed by atoms with E-state index in [0.29, 0.717) is 22.3 Å². The fourth-order valence-electron chi connectivity index (χ4n) is 1.26. The van der Waals surface area contributed by atoms with E-state index in [1.165, 1.54) is 0 Å². The van der Waals surface area contributed by atoms with Crippen LogP contribution in [0.1, 0.15) is 20.8 Å². The molecular formula is C12H17Cl2NO2S. The molecule has 0 aliphatic carbocycles. The maximum atomic E-state index is 11.9. The van der Waals surface area contributed by atoms with Gasteiger partial charge in [-0.05, 0) is 39.0 Å². The summed E-state index contributed by atoms with van der Waals surface area (Å²) in [5.74, 6) is 0.0649. The summed E-state index contributed by atoms with van der Waals surface area (Å²) in [6.45, 7) is 5.40. The predicted octanol–water partition coefficient (Wildman–Crippen LogP) is 3.62. The van der Waals surface area contributed by atoms with Crippen LogP contribution < -0.4 is 5.32 Å². The van der Waals surface area contributed by atoms with Crippen LogP contribution in [0.5, 0.6) is 0 Å². The number of sulfone groups is 1. The molecule has 1 aromatic rings. The molecule has 0 saturated carbocycles. The lowest BCUT2D eigenvalue weighted by Gasteiger charge is -2.19. The Morgan fingerprint density at radius 3 is 2.33 bits per heavy atom. The lowest BCUT2D eigenvalue weighted by atomic mass is 10.3. The number of halogens is 2. The average molecular weight is 310 g/mol. The third-order valence-corrected chi connectivity index (χ3v) is 5.71. The van der Waals surface area contributed by atoms with E-state index in [0.717, 1.165) is 0 Å². The van der Waals surface area contributed by atoms with Crippen LogP contribution in [0, 0.1) is 0 Å². The topological polar surface area (TPSA) is 46.2 Å². The van der Waals surface area contributed by atoms with Crippen LogP contribution in [-0.2, 0) is 9.84 Å². The molecule has 0 amide bonds. The summed E-state index contributed by atoms with van der Waals surface area (Å²) in [7, 11) is -3.12. The van der Waals surface area contributed by atoms with E-state index >= 15 is 0 Å². The van der Waals surface area contributed by atoms with Crippen LogP contribution >= 0.6 is 23.2 Å². The summed E-state index contributed by atoms with van der Waals surface area (Å²) in [5, 5.41) is 4.03. The molecular weight excluding hydrogens is 293 g/mol. The first-order chi connectivity index (χ1) is 8.13. The SMILES string of the molecule is CC(C)(C)S(=O)(=O)CCNc1ccc(Cl)cc1Cl. The lowest BCUT2D eigenvalue weighted by Crippen LogP contribution is -2.32. The largest absolute Gasteiger partial charge is 0.383 e. The zero-order valence-electron chi connectivity index (χ0n) is 10.6. The molecule has 18 heavy (non-hydrogen) atoms. The monoisotopic (exact) mass is 309 g/mol. The van der Waals surface area contributed by atoms with Crippen molar-refractivity contribution in [3.8, 4) is 0 Å². The molecule has 0 aliphatic rings. The van der Waals surface area contributed by atoms with Gasteiger partial charge in [-0.25, -0.2) is 8.42 Å². The van der Waals surface area contributed by atoms with Crippen LogP contribution in [0.4, 0.5) is 5.69 Å². The summed E-state index contributed by atoms with van der Waals surface area (Å²) in [6.07, 6.45) is 0. The van der Waals surface area contributed by atoms with Crippen molar-refractivity contribution in [2.24, 2.45) is 0 Å². The van der Waals surface area contributed by atoms with E-state index in [4.69, 9.17) is 23.2 Å². The Morgan fingerprint density at radius 2 is 1.83 bits per heavy atom. The second-order valence-corrected chi connectivity index (χ2v) is 8.69. The van der Waals surface area contributed by atoms with Crippen LogP contribution in [-0.4, -0.2) is 25.5 Å². The third-order valence-electron chi connectivity index (χ3n) is 2.55. The van der Waals surface area contributed by atoms with E-state index < -0.39 is 14.6 Å². The molecule has 0 fully saturated rings. The third kappa shape index (κ3) is 4.04. The van der Waals surface area contributed by atoms with Crippen molar-refractivity contribution < 1.29 is 8.42 Å². The molecule has 0 aromatic heterocycles. The van der Waals surface area contributed by atoms with E-state index in [-0.39, 0.29) is 5.75 Å². The molecule has 1 aromatic carbocycles. The molecule has 1 rings (SSSR count). The van der Waals surface area contributed by atoms with Crippen molar-refractivity contribution in [2.75, 3.05) is 17.6 Å². The fraction of sp³-hybridized carbons (Fsp3) is 0.500. The van der Waals surface area contributed by atoms with Crippen molar-refractivity contribution in [3.63, 3.8) is 0 Å². The molecule has 1 N–H and O–H groups in total. The summed E-state index contributed by atoms with van der Waals surface area (Å²) < 4.78 is 23.0. The van der Waals surface area contributed by atoms with Gasteiger partial charge in [0.05, 0.1) is 21.2 Å². The van der Waals surface area contributed by atoms with Gasteiger partial charge in [0.15, 0.2) is 9.84 Å². The summed E-state index contributed by atoms with van der Waals surface area (Å²) in [4.78, 5) is 0. The van der Waals surface area contributed by atoms with Gasteiger partial charge >= 0.3 is 0 Å². The minimum absolute atomic E-state index is 0.0649. The molecule has 0 aliphatic heterocycles. The van der Waals surface area contributed by atoms with E-state index in [2.05, 4.69) is 5.32 Å². The van der Waals surface area contributed by atoms with Crippen molar-refractivity contribution in [1.29, 1.82) is 0 Å². The molecule has 0 unspecified atom stereocenters. The molecule has 0 atom stereocenters. The normalized spacial score (nSPS) is 12.5. The fourth-order valence-corrected chi connectivity index (χ4v) is 2.72. The van der Waals surface area contributed by atoms with Crippen molar-refractivity contribution in [3.05, 3.63) is 28.2 Å². The highest BCUT2D eigenvalue weighted by Gasteiger charge is 2.28. The Balaban J connectivity index is 2.63. The Labute approximate surface area is 118 Å². The molecule has 0 heterocycles. The Kier molecular flexibility index (Phi) is 4.92. The number of benzene rings is 1. The predicted molar refractivity (Wildman–Crippen MR) is 78.5 cm³/mol. The van der Waals surface area contributed by atoms with Crippen molar-refractivity contribution in [1.82, 2.24) is 0 Å². The maximum absolute atomic E-state index is 11.9. The van der Waals surface area contributed by atoms with Crippen LogP contribution in [0.15, 0.2) is 18.2 Å². The molecule has 3 nitrogen and oxygen atoms in total. The van der Waals surface area contributed by atoms with Crippen LogP contribution in [0.25, 0.3) is 0 Å². The highest BCUT2D eigenvalue weighted by molar-refractivity contribution is 7.92. The van der Waals surface area contributed by atoms with Gasteiger partial charge in [-0.2, -0.15) is 0 Å². The van der Waals surface area contributed by atoms with Gasteiger partial charge in [0.25, 0.3) is 0 Å². The van der Waals surface area contributed by atoms with E-state index in [1.807, 2.05) is 0 Å². The average Bonchev–Trinajstić information content (AvgIpc) is 2.19. The minimum atomic E-state index is -3.12. The number of rotatable bonds is 4. The number of nitrogens with one attached hydrogen (secondary N) is 1. The van der Waals surface area contributed by atoms with E-state index in [9.17, 15) is 8.42 Å². The van der Waals surface area contributed by atoms with Crippen LogP contribution in [0.3, 0.4) is 0 Å². The van der Waals surface area contributed by atoms with Crippen molar-refractivity contribution >= 4 is 38.7 Å². The first kappa shape index (κ1) is 15.6. The van der Waals surface area contributed by atoms with Gasteiger partial charge in [0, 0.05) is 11.6 Å². The van der Waals surface area contributed by atoms with Crippen molar-refractivity contribution in [2.45, 2.75) is 25.5 Å². The Hall–Kier alpha value is -0.450. The number of hydrogen-bond acceptors (Lipinski definition) is 3. The molecule has 0 bridgehead atoms. The molecule has 6 heteroatoms. The minimum Gasteiger partial charge on any atom is -0.383 e. The zero-order chi connectivity index (χ0) is 14.0. The van der Waals surface area contributed by atoms with Gasteiger partial charge in [-0.3, -0.25) is 0 Å². The first-order valence-electron chi connectivity index (χ1n) is 5.55. The van der Waals surface area contributed by atoms with Gasteiger partial charge in [-0.1, -0.05) is 23.2 Å². The summed E-state index contributed by atoms with van der Waals surface area (Å²) >= 11 is 11.7. The summed E-state index contributed by atoms with van der Waals surface area (Å²) in [5.41, 5.74) is 0.685. The highest BCUT2D eigenvalue weighted by atomic mass is 35.5. The molecule has 0 radical (unpaired) electrons. The van der Waals surface area contributed by atoms with Gasteiger partial charge in [-0.15, -0.1) is 0 Å². The van der Waals surface area contributed by atoms with Gasteiger partial charge in [0.1, 0.15) is 0 Å². The second kappa shape index (κ2) is 5.68. The second-order valence-electron chi connectivity index (χ2n) is 4.98.